The van der Waals surface area contributed by atoms with E-state index in [9.17, 15) is 19.8 Å². The summed E-state index contributed by atoms with van der Waals surface area (Å²) in [6, 6.07) is 5.10. The number of aromatic nitrogens is 2. The second-order valence-corrected chi connectivity index (χ2v) is 4.64. The Balaban J connectivity index is 2.09. The highest BCUT2D eigenvalue weighted by molar-refractivity contribution is 5.97. The summed E-state index contributed by atoms with van der Waals surface area (Å²) < 4.78 is 0. The van der Waals surface area contributed by atoms with Gasteiger partial charge >= 0.3 is 5.97 Å². The molecule has 7 nitrogen and oxygen atoms in total. The molecule has 21 heavy (non-hydrogen) atoms. The number of carbonyl (C=O) groups excluding carboxylic acids is 1. The number of aromatic amines is 1. The van der Waals surface area contributed by atoms with E-state index in [1.807, 2.05) is 0 Å². The third-order valence-electron chi connectivity index (χ3n) is 3.05. The van der Waals surface area contributed by atoms with Crippen molar-refractivity contribution >= 4 is 11.9 Å². The first-order valence-corrected chi connectivity index (χ1v) is 6.29. The van der Waals surface area contributed by atoms with Crippen molar-refractivity contribution in [1.82, 2.24) is 15.5 Å². The minimum absolute atomic E-state index is 0.101. The van der Waals surface area contributed by atoms with Crippen LogP contribution in [0.15, 0.2) is 30.5 Å². The van der Waals surface area contributed by atoms with Gasteiger partial charge in [-0.1, -0.05) is 12.1 Å². The highest BCUT2D eigenvalue weighted by Crippen LogP contribution is 2.12. The number of carbonyl (C=O) groups is 2. The normalized spacial score (nSPS) is 11.9. The molecule has 7 heteroatoms. The van der Waals surface area contributed by atoms with Gasteiger partial charge in [-0.05, 0) is 24.6 Å². The quantitative estimate of drug-likeness (QED) is 0.651. The van der Waals surface area contributed by atoms with Gasteiger partial charge in [0, 0.05) is 12.1 Å². The van der Waals surface area contributed by atoms with Crippen LogP contribution in [0.2, 0.25) is 0 Å². The molecule has 1 aromatic heterocycles. The first-order valence-electron chi connectivity index (χ1n) is 6.29. The maximum Gasteiger partial charge on any atom is 0.326 e. The van der Waals surface area contributed by atoms with Crippen molar-refractivity contribution in [2.75, 3.05) is 0 Å². The van der Waals surface area contributed by atoms with E-state index in [4.69, 9.17) is 0 Å². The van der Waals surface area contributed by atoms with Crippen LogP contribution in [0, 0.1) is 6.92 Å². The molecule has 0 saturated carbocycles. The van der Waals surface area contributed by atoms with Gasteiger partial charge in [0.2, 0.25) is 0 Å². The number of nitrogens with one attached hydrogen (secondary N) is 2. The van der Waals surface area contributed by atoms with E-state index < -0.39 is 17.9 Å². The van der Waals surface area contributed by atoms with E-state index in [1.165, 1.54) is 18.3 Å². The van der Waals surface area contributed by atoms with Crippen molar-refractivity contribution in [1.29, 1.82) is 0 Å². The van der Waals surface area contributed by atoms with E-state index in [0.717, 1.165) is 0 Å². The lowest BCUT2D eigenvalue weighted by Gasteiger charge is -2.14. The fourth-order valence-corrected chi connectivity index (χ4v) is 1.88. The number of hydrogen-bond donors (Lipinski definition) is 4. The Morgan fingerprint density at radius 3 is 2.52 bits per heavy atom. The fraction of sp³-hybridized carbons (Fsp3) is 0.214. The smallest absolute Gasteiger partial charge is 0.326 e. The van der Waals surface area contributed by atoms with Crippen LogP contribution < -0.4 is 5.32 Å². The largest absolute Gasteiger partial charge is 0.508 e. The number of hydrogen-bond acceptors (Lipinski definition) is 4. The van der Waals surface area contributed by atoms with Gasteiger partial charge < -0.3 is 15.5 Å². The summed E-state index contributed by atoms with van der Waals surface area (Å²) in [7, 11) is 0. The number of phenols is 1. The average molecular weight is 289 g/mol. The topological polar surface area (TPSA) is 115 Å². The van der Waals surface area contributed by atoms with Crippen molar-refractivity contribution in [2.24, 2.45) is 0 Å². The summed E-state index contributed by atoms with van der Waals surface area (Å²) in [5.41, 5.74) is 1.58. The second-order valence-electron chi connectivity index (χ2n) is 4.64. The molecule has 1 heterocycles. The fourth-order valence-electron chi connectivity index (χ4n) is 1.88. The zero-order chi connectivity index (χ0) is 15.4. The highest BCUT2D eigenvalue weighted by atomic mass is 16.4. The minimum Gasteiger partial charge on any atom is -0.508 e. The van der Waals surface area contributed by atoms with Gasteiger partial charge in [-0.3, -0.25) is 9.89 Å². The van der Waals surface area contributed by atoms with E-state index in [0.29, 0.717) is 16.8 Å². The maximum atomic E-state index is 12.0. The first-order chi connectivity index (χ1) is 9.97. The zero-order valence-electron chi connectivity index (χ0n) is 11.3. The summed E-state index contributed by atoms with van der Waals surface area (Å²) in [6.07, 6.45) is 1.47. The molecule has 0 aliphatic heterocycles. The number of benzene rings is 1. The molecule has 0 bridgehead atoms. The SMILES string of the molecule is Cc1[nH]ncc1C(=O)NC(Cc1ccc(O)cc1)C(=O)O. The number of aromatic hydroxyl groups is 1. The number of carboxylic acid groups (broad SMARTS) is 1. The van der Waals surface area contributed by atoms with Crippen LogP contribution in [-0.2, 0) is 11.2 Å². The molecule has 4 N–H and O–H groups in total. The van der Waals surface area contributed by atoms with Crippen LogP contribution in [0.3, 0.4) is 0 Å². The number of aliphatic carboxylic acids is 1. The summed E-state index contributed by atoms with van der Waals surface area (Å²) in [5.74, 6) is -1.52. The maximum absolute atomic E-state index is 12.0. The van der Waals surface area contributed by atoms with Crippen molar-refractivity contribution < 1.29 is 19.8 Å². The lowest BCUT2D eigenvalue weighted by Crippen LogP contribution is -2.42. The van der Waals surface area contributed by atoms with Crippen molar-refractivity contribution in [3.8, 4) is 5.75 Å². The van der Waals surface area contributed by atoms with Crippen LogP contribution >= 0.6 is 0 Å². The molecule has 2 aromatic rings. The lowest BCUT2D eigenvalue weighted by molar-refractivity contribution is -0.139. The van der Waals surface area contributed by atoms with Gasteiger partial charge in [-0.2, -0.15) is 5.10 Å². The predicted octanol–water partition coefficient (Wildman–Crippen LogP) is 0.849. The minimum atomic E-state index is -1.13. The third kappa shape index (κ3) is 3.59. The van der Waals surface area contributed by atoms with Gasteiger partial charge in [0.1, 0.15) is 11.8 Å². The molecule has 1 atom stereocenters. The number of carboxylic acids is 1. The average Bonchev–Trinajstić information content (AvgIpc) is 2.86. The molecule has 0 saturated heterocycles. The zero-order valence-corrected chi connectivity index (χ0v) is 11.3. The van der Waals surface area contributed by atoms with Gasteiger partial charge in [0.05, 0.1) is 11.8 Å². The molecular formula is C14H15N3O4. The van der Waals surface area contributed by atoms with Crippen molar-refractivity contribution in [3.05, 3.63) is 47.3 Å². The number of H-pyrrole nitrogens is 1. The third-order valence-corrected chi connectivity index (χ3v) is 3.05. The molecule has 0 spiro atoms. The van der Waals surface area contributed by atoms with E-state index >= 15 is 0 Å². The summed E-state index contributed by atoms with van der Waals surface area (Å²) in [6.45, 7) is 1.68. The molecule has 1 unspecified atom stereocenters. The Hall–Kier alpha value is -2.83. The van der Waals surface area contributed by atoms with Gasteiger partial charge in [-0.25, -0.2) is 4.79 Å². The summed E-state index contributed by atoms with van der Waals surface area (Å²) >= 11 is 0. The monoisotopic (exact) mass is 289 g/mol. The molecule has 0 aliphatic carbocycles. The number of aryl methyl sites for hydroxylation is 1. The Morgan fingerprint density at radius 1 is 1.33 bits per heavy atom. The summed E-state index contributed by atoms with van der Waals surface area (Å²) in [5, 5.41) is 27.2. The number of phenolic OH excluding ortho intramolecular Hbond substituents is 1. The van der Waals surface area contributed by atoms with Gasteiger partial charge in [0.15, 0.2) is 0 Å². The van der Waals surface area contributed by atoms with Crippen molar-refractivity contribution in [3.63, 3.8) is 0 Å². The van der Waals surface area contributed by atoms with Crippen LogP contribution in [0.5, 0.6) is 5.75 Å². The van der Waals surface area contributed by atoms with Gasteiger partial charge in [-0.15, -0.1) is 0 Å². The first kappa shape index (κ1) is 14.6. The van der Waals surface area contributed by atoms with Crippen molar-refractivity contribution in [2.45, 2.75) is 19.4 Å². The second kappa shape index (κ2) is 6.08. The highest BCUT2D eigenvalue weighted by Gasteiger charge is 2.22. The molecule has 1 amide bonds. The van der Waals surface area contributed by atoms with Crippen LogP contribution in [0.25, 0.3) is 0 Å². The molecule has 0 aliphatic rings. The Labute approximate surface area is 120 Å². The molecule has 2 rings (SSSR count). The Morgan fingerprint density at radius 2 is 2.00 bits per heavy atom. The predicted molar refractivity (Wildman–Crippen MR) is 74.0 cm³/mol. The van der Waals surface area contributed by atoms with E-state index in [2.05, 4.69) is 15.5 Å². The molecular weight excluding hydrogens is 274 g/mol. The van der Waals surface area contributed by atoms with Gasteiger partial charge in [0.25, 0.3) is 5.91 Å². The molecule has 0 fully saturated rings. The number of rotatable bonds is 5. The number of nitrogens with zero attached hydrogens (tertiary/aromatic N) is 1. The Bertz CT molecular complexity index is 648. The van der Waals surface area contributed by atoms with Crippen LogP contribution in [0.4, 0.5) is 0 Å². The molecule has 0 radical (unpaired) electrons. The van der Waals surface area contributed by atoms with E-state index in [1.54, 1.807) is 19.1 Å². The molecule has 110 valence electrons. The van der Waals surface area contributed by atoms with Crippen LogP contribution in [0.1, 0.15) is 21.6 Å². The lowest BCUT2D eigenvalue weighted by atomic mass is 10.1. The standard InChI is InChI=1S/C14H15N3O4/c1-8-11(7-15-17-8)13(19)16-12(14(20)21)6-9-2-4-10(18)5-3-9/h2-5,7,12,18H,6H2,1H3,(H,15,17)(H,16,19)(H,20,21). The number of amides is 1. The molecule has 1 aromatic carbocycles. The van der Waals surface area contributed by atoms with E-state index in [-0.39, 0.29) is 12.2 Å². The van der Waals surface area contributed by atoms with Crippen LogP contribution in [-0.4, -0.2) is 38.3 Å². The Kier molecular flexibility index (Phi) is 4.22. The summed E-state index contributed by atoms with van der Waals surface area (Å²) in [4.78, 5) is 23.3.